The largest absolute Gasteiger partial charge is 0.296 e. The molecule has 0 spiro atoms. The van der Waals surface area contributed by atoms with Crippen LogP contribution in [-0.4, -0.2) is 33.3 Å². The molecule has 2 heterocycles. The number of nitrogens with zero attached hydrogens (tertiary/aromatic N) is 3. The molecular formula is C15H28BrN5. The Hall–Kier alpha value is -0.430. The summed E-state index contributed by atoms with van der Waals surface area (Å²) < 4.78 is 3.07. The Morgan fingerprint density at radius 3 is 2.43 bits per heavy atom. The number of halogens is 1. The Bertz CT molecular complexity index is 463. The molecule has 1 fully saturated rings. The second-order valence-corrected chi connectivity index (χ2v) is 7.57. The van der Waals surface area contributed by atoms with Crippen LogP contribution in [0.25, 0.3) is 0 Å². The number of rotatable bonds is 5. The highest BCUT2D eigenvalue weighted by Crippen LogP contribution is 2.36. The highest BCUT2D eigenvalue weighted by molar-refractivity contribution is 9.10. The third kappa shape index (κ3) is 3.33. The summed E-state index contributed by atoms with van der Waals surface area (Å²) in [5, 5.41) is 4.50. The van der Waals surface area contributed by atoms with Gasteiger partial charge in [0.05, 0.1) is 22.4 Å². The summed E-state index contributed by atoms with van der Waals surface area (Å²) in [6.45, 7) is 11.1. The Labute approximate surface area is 136 Å². The van der Waals surface area contributed by atoms with Crippen molar-refractivity contribution in [2.24, 2.45) is 5.84 Å². The predicted octanol–water partition coefficient (Wildman–Crippen LogP) is 3.00. The fourth-order valence-electron chi connectivity index (χ4n) is 3.30. The van der Waals surface area contributed by atoms with Crippen LogP contribution in [0.5, 0.6) is 0 Å². The SMILES string of the molecule is CC(C)n1ncc(Br)c1C(NN)C(C)(C)N1CCCCC1. The lowest BCUT2D eigenvalue weighted by Crippen LogP contribution is -2.56. The molecule has 5 nitrogen and oxygen atoms in total. The van der Waals surface area contributed by atoms with E-state index >= 15 is 0 Å². The van der Waals surface area contributed by atoms with Gasteiger partial charge in [0.15, 0.2) is 0 Å². The van der Waals surface area contributed by atoms with Gasteiger partial charge in [0.2, 0.25) is 0 Å². The minimum Gasteiger partial charge on any atom is -0.296 e. The second-order valence-electron chi connectivity index (χ2n) is 6.72. The Kier molecular flexibility index (Phi) is 5.46. The maximum absolute atomic E-state index is 5.96. The molecule has 6 heteroatoms. The van der Waals surface area contributed by atoms with Gasteiger partial charge < -0.3 is 0 Å². The van der Waals surface area contributed by atoms with Crippen molar-refractivity contribution in [3.05, 3.63) is 16.4 Å². The molecule has 3 N–H and O–H groups in total. The maximum Gasteiger partial charge on any atom is 0.0818 e. The molecule has 1 aromatic rings. The number of aromatic nitrogens is 2. The molecule has 0 saturated carbocycles. The number of piperidine rings is 1. The minimum atomic E-state index is -0.0651. The van der Waals surface area contributed by atoms with E-state index in [1.807, 2.05) is 6.20 Å². The summed E-state index contributed by atoms with van der Waals surface area (Å²) >= 11 is 3.65. The number of nitrogens with two attached hydrogens (primary N) is 1. The van der Waals surface area contributed by atoms with Crippen LogP contribution in [-0.2, 0) is 0 Å². The minimum absolute atomic E-state index is 0.0230. The third-order valence-electron chi connectivity index (χ3n) is 4.59. The van der Waals surface area contributed by atoms with E-state index in [2.05, 4.69) is 63.7 Å². The van der Waals surface area contributed by atoms with Gasteiger partial charge >= 0.3 is 0 Å². The number of likely N-dealkylation sites (tertiary alicyclic amines) is 1. The lowest BCUT2D eigenvalue weighted by molar-refractivity contribution is 0.0573. The van der Waals surface area contributed by atoms with E-state index in [0.717, 1.165) is 23.3 Å². The first kappa shape index (κ1) is 16.9. The maximum atomic E-state index is 5.96. The molecule has 1 atom stereocenters. The van der Waals surface area contributed by atoms with Gasteiger partial charge in [-0.2, -0.15) is 5.10 Å². The number of hydrogen-bond donors (Lipinski definition) is 2. The van der Waals surface area contributed by atoms with Gasteiger partial charge in [0.25, 0.3) is 0 Å². The topological polar surface area (TPSA) is 59.1 Å². The molecule has 0 amide bonds. The number of nitrogens with one attached hydrogen (secondary N) is 1. The monoisotopic (exact) mass is 357 g/mol. The highest BCUT2D eigenvalue weighted by atomic mass is 79.9. The van der Waals surface area contributed by atoms with E-state index in [9.17, 15) is 0 Å². The van der Waals surface area contributed by atoms with Gasteiger partial charge in [-0.3, -0.25) is 15.4 Å². The second kappa shape index (κ2) is 6.77. The molecule has 21 heavy (non-hydrogen) atoms. The first-order valence-corrected chi connectivity index (χ1v) is 8.63. The van der Waals surface area contributed by atoms with Gasteiger partial charge in [0, 0.05) is 11.6 Å². The van der Waals surface area contributed by atoms with Crippen molar-refractivity contribution in [3.8, 4) is 0 Å². The first-order chi connectivity index (χ1) is 9.89. The van der Waals surface area contributed by atoms with E-state index in [-0.39, 0.29) is 11.6 Å². The quantitative estimate of drug-likeness (QED) is 0.628. The Morgan fingerprint density at radius 1 is 1.29 bits per heavy atom. The molecule has 0 aliphatic carbocycles. The summed E-state index contributed by atoms with van der Waals surface area (Å²) in [5.41, 5.74) is 4.11. The van der Waals surface area contributed by atoms with Gasteiger partial charge in [-0.15, -0.1) is 0 Å². The van der Waals surface area contributed by atoms with E-state index in [1.54, 1.807) is 0 Å². The summed E-state index contributed by atoms with van der Waals surface area (Å²) in [6, 6.07) is 0.328. The molecular weight excluding hydrogens is 330 g/mol. The van der Waals surface area contributed by atoms with Crippen molar-refractivity contribution in [1.29, 1.82) is 0 Å². The molecule has 0 aromatic carbocycles. The van der Waals surface area contributed by atoms with Crippen LogP contribution in [0, 0.1) is 0 Å². The van der Waals surface area contributed by atoms with Crippen LogP contribution in [0.15, 0.2) is 10.7 Å². The molecule has 1 aliphatic rings. The smallest absolute Gasteiger partial charge is 0.0818 e. The molecule has 1 aliphatic heterocycles. The average molecular weight is 358 g/mol. The lowest BCUT2D eigenvalue weighted by atomic mass is 9.88. The van der Waals surface area contributed by atoms with E-state index < -0.39 is 0 Å². The zero-order chi connectivity index (χ0) is 15.6. The van der Waals surface area contributed by atoms with Crippen LogP contribution in [0.3, 0.4) is 0 Å². The fraction of sp³-hybridized carbons (Fsp3) is 0.800. The van der Waals surface area contributed by atoms with Crippen molar-refractivity contribution in [3.63, 3.8) is 0 Å². The van der Waals surface area contributed by atoms with Crippen molar-refractivity contribution >= 4 is 15.9 Å². The van der Waals surface area contributed by atoms with Crippen LogP contribution in [0.1, 0.15) is 64.7 Å². The summed E-state index contributed by atoms with van der Waals surface area (Å²) in [5.74, 6) is 5.96. The average Bonchev–Trinajstić information content (AvgIpc) is 2.83. The molecule has 1 saturated heterocycles. The Morgan fingerprint density at radius 2 is 1.90 bits per heavy atom. The predicted molar refractivity (Wildman–Crippen MR) is 89.9 cm³/mol. The summed E-state index contributed by atoms with van der Waals surface area (Å²) in [7, 11) is 0. The van der Waals surface area contributed by atoms with Gasteiger partial charge in [0.1, 0.15) is 0 Å². The number of hydrogen-bond acceptors (Lipinski definition) is 4. The molecule has 1 aromatic heterocycles. The highest BCUT2D eigenvalue weighted by Gasteiger charge is 2.39. The standard InChI is InChI=1S/C15H28BrN5/c1-11(2)21-13(12(16)10-18-21)14(19-17)15(3,4)20-8-6-5-7-9-20/h10-11,14,19H,5-9,17H2,1-4H3. The van der Waals surface area contributed by atoms with Crippen LogP contribution in [0.2, 0.25) is 0 Å². The third-order valence-corrected chi connectivity index (χ3v) is 5.20. The van der Waals surface area contributed by atoms with Crippen molar-refractivity contribution in [2.45, 2.75) is 64.6 Å². The first-order valence-electron chi connectivity index (χ1n) is 7.83. The lowest BCUT2D eigenvalue weighted by Gasteiger charge is -2.46. The van der Waals surface area contributed by atoms with Crippen LogP contribution in [0.4, 0.5) is 0 Å². The molecule has 120 valence electrons. The zero-order valence-corrected chi connectivity index (χ0v) is 15.2. The molecule has 0 bridgehead atoms. The van der Waals surface area contributed by atoms with Crippen molar-refractivity contribution < 1.29 is 0 Å². The number of hydrazine groups is 1. The van der Waals surface area contributed by atoms with Gasteiger partial charge in [-0.25, -0.2) is 5.43 Å². The Balaban J connectivity index is 2.36. The van der Waals surface area contributed by atoms with Crippen molar-refractivity contribution in [1.82, 2.24) is 20.1 Å². The van der Waals surface area contributed by atoms with Gasteiger partial charge in [-0.1, -0.05) is 6.42 Å². The van der Waals surface area contributed by atoms with Crippen molar-refractivity contribution in [2.75, 3.05) is 13.1 Å². The van der Waals surface area contributed by atoms with Gasteiger partial charge in [-0.05, 0) is 69.6 Å². The normalized spacial score (nSPS) is 19.2. The van der Waals surface area contributed by atoms with E-state index in [0.29, 0.717) is 6.04 Å². The summed E-state index contributed by atoms with van der Waals surface area (Å²) in [6.07, 6.45) is 5.74. The molecule has 2 rings (SSSR count). The molecule has 1 unspecified atom stereocenters. The van der Waals surface area contributed by atoms with Crippen LogP contribution >= 0.6 is 15.9 Å². The fourth-order valence-corrected chi connectivity index (χ4v) is 3.80. The van der Waals surface area contributed by atoms with E-state index in [1.165, 1.54) is 19.3 Å². The van der Waals surface area contributed by atoms with E-state index in [4.69, 9.17) is 5.84 Å². The zero-order valence-electron chi connectivity index (χ0n) is 13.6. The molecule has 0 radical (unpaired) electrons. The van der Waals surface area contributed by atoms with Crippen LogP contribution < -0.4 is 11.3 Å². The summed E-state index contributed by atoms with van der Waals surface area (Å²) in [4.78, 5) is 2.55.